The Morgan fingerprint density at radius 1 is 0.914 bits per heavy atom. The Morgan fingerprint density at radius 2 is 1.60 bits per heavy atom. The van der Waals surface area contributed by atoms with E-state index in [0.29, 0.717) is 30.7 Å². The van der Waals surface area contributed by atoms with E-state index in [1.165, 1.54) is 35.2 Å². The van der Waals surface area contributed by atoms with E-state index in [1.54, 1.807) is 12.1 Å². The summed E-state index contributed by atoms with van der Waals surface area (Å²) in [6, 6.07) is 8.08. The number of aromatic nitrogens is 4. The Kier molecular flexibility index (Phi) is 7.53. The number of aryl methyl sites for hydroxylation is 2. The quantitative estimate of drug-likeness (QED) is 0.244. The minimum Gasteiger partial charge on any atom is -0.300 e. The first kappa shape index (κ1) is 24.9. The SMILES string of the molecule is Cc1cc(C)c(C)c(C(=O)Nc2nnc(SCC(=O)Nc3nnc(-c4cccc(F)c4)s3)s2)c1C. The molecule has 0 aliphatic rings. The molecule has 4 rings (SSSR count). The molecule has 0 bridgehead atoms. The number of nitrogens with zero attached hydrogens (tertiary/aromatic N) is 4. The summed E-state index contributed by atoms with van der Waals surface area (Å²) in [7, 11) is 0. The summed E-state index contributed by atoms with van der Waals surface area (Å²) >= 11 is 3.55. The first-order chi connectivity index (χ1) is 16.7. The molecule has 0 spiro atoms. The van der Waals surface area contributed by atoms with Crippen LogP contribution in [0, 0.1) is 33.5 Å². The monoisotopic (exact) mass is 528 g/mol. The van der Waals surface area contributed by atoms with Gasteiger partial charge in [0, 0.05) is 11.1 Å². The minimum absolute atomic E-state index is 0.0761. The van der Waals surface area contributed by atoms with E-state index in [4.69, 9.17) is 0 Å². The summed E-state index contributed by atoms with van der Waals surface area (Å²) in [5, 5.41) is 22.7. The normalized spacial score (nSPS) is 10.9. The zero-order valence-corrected chi connectivity index (χ0v) is 21.8. The molecular formula is C23H21FN6O2S3. The minimum atomic E-state index is -0.369. The zero-order valence-electron chi connectivity index (χ0n) is 19.3. The summed E-state index contributed by atoms with van der Waals surface area (Å²) in [4.78, 5) is 25.2. The van der Waals surface area contributed by atoms with Gasteiger partial charge >= 0.3 is 0 Å². The second-order valence-electron chi connectivity index (χ2n) is 7.72. The molecule has 2 amide bonds. The Morgan fingerprint density at radius 3 is 2.31 bits per heavy atom. The van der Waals surface area contributed by atoms with Crippen molar-refractivity contribution >= 4 is 56.5 Å². The predicted molar refractivity (Wildman–Crippen MR) is 138 cm³/mol. The molecule has 180 valence electrons. The molecule has 0 saturated heterocycles. The standard InChI is InChI=1S/C23H21FN6O2S3/c1-11-8-12(2)14(4)18(13(11)3)19(32)26-22-29-30-23(35-22)33-10-17(31)25-21-28-27-20(34-21)15-6-5-7-16(24)9-15/h5-9H,10H2,1-4H3,(H,25,28,31)(H,26,29,32). The average molecular weight is 529 g/mol. The van der Waals surface area contributed by atoms with Gasteiger partial charge in [-0.1, -0.05) is 52.6 Å². The number of rotatable bonds is 7. The fourth-order valence-electron chi connectivity index (χ4n) is 3.33. The molecule has 0 aliphatic carbocycles. The van der Waals surface area contributed by atoms with E-state index in [2.05, 4.69) is 37.1 Å². The van der Waals surface area contributed by atoms with Gasteiger partial charge in [-0.3, -0.25) is 20.2 Å². The number of amides is 2. The number of hydrogen-bond acceptors (Lipinski definition) is 9. The molecule has 35 heavy (non-hydrogen) atoms. The molecule has 0 atom stereocenters. The highest BCUT2D eigenvalue weighted by Crippen LogP contribution is 2.29. The van der Waals surface area contributed by atoms with Crippen LogP contribution in [-0.2, 0) is 4.79 Å². The third-order valence-corrected chi connectivity index (χ3v) is 8.15. The lowest BCUT2D eigenvalue weighted by Gasteiger charge is -2.14. The average Bonchev–Trinajstić information content (AvgIpc) is 3.46. The molecule has 0 fully saturated rings. The van der Waals surface area contributed by atoms with E-state index in [0.717, 1.165) is 33.6 Å². The largest absolute Gasteiger partial charge is 0.300 e. The van der Waals surface area contributed by atoms with Gasteiger partial charge in [0.15, 0.2) is 4.34 Å². The van der Waals surface area contributed by atoms with Crippen LogP contribution < -0.4 is 10.6 Å². The summed E-state index contributed by atoms with van der Waals surface area (Å²) in [6.45, 7) is 7.81. The van der Waals surface area contributed by atoms with Crippen LogP contribution in [0.4, 0.5) is 14.7 Å². The van der Waals surface area contributed by atoms with Crippen molar-refractivity contribution in [1.29, 1.82) is 0 Å². The molecule has 0 unspecified atom stereocenters. The Balaban J connectivity index is 1.33. The van der Waals surface area contributed by atoms with Crippen LogP contribution in [0.25, 0.3) is 10.6 Å². The van der Waals surface area contributed by atoms with Gasteiger partial charge in [-0.2, -0.15) is 0 Å². The molecule has 12 heteroatoms. The Hall–Kier alpha value is -3.22. The van der Waals surface area contributed by atoms with Crippen molar-refractivity contribution in [2.45, 2.75) is 32.0 Å². The van der Waals surface area contributed by atoms with Crippen molar-refractivity contribution in [2.75, 3.05) is 16.4 Å². The van der Waals surface area contributed by atoms with Crippen LogP contribution in [0.3, 0.4) is 0 Å². The summed E-state index contributed by atoms with van der Waals surface area (Å²) in [6.07, 6.45) is 0. The molecule has 0 radical (unpaired) electrons. The highest BCUT2D eigenvalue weighted by Gasteiger charge is 2.18. The highest BCUT2D eigenvalue weighted by molar-refractivity contribution is 8.01. The molecule has 0 saturated carbocycles. The van der Waals surface area contributed by atoms with Crippen molar-refractivity contribution in [2.24, 2.45) is 0 Å². The van der Waals surface area contributed by atoms with Crippen LogP contribution in [-0.4, -0.2) is 38.0 Å². The Bertz CT molecular complexity index is 1390. The van der Waals surface area contributed by atoms with Crippen molar-refractivity contribution in [3.8, 4) is 10.6 Å². The van der Waals surface area contributed by atoms with Crippen LogP contribution in [0.5, 0.6) is 0 Å². The molecule has 0 aliphatic heterocycles. The number of carbonyl (C=O) groups is 2. The van der Waals surface area contributed by atoms with E-state index in [9.17, 15) is 14.0 Å². The summed E-state index contributed by atoms with van der Waals surface area (Å²) in [5.74, 6) is -0.819. The second kappa shape index (κ2) is 10.6. The lowest BCUT2D eigenvalue weighted by atomic mass is 9.94. The zero-order chi connectivity index (χ0) is 25.1. The molecule has 2 N–H and O–H groups in total. The smallest absolute Gasteiger partial charge is 0.258 e. The van der Waals surface area contributed by atoms with Gasteiger partial charge in [-0.25, -0.2) is 4.39 Å². The van der Waals surface area contributed by atoms with E-state index < -0.39 is 0 Å². The maximum atomic E-state index is 13.4. The fraction of sp³-hybridized carbons (Fsp3) is 0.217. The van der Waals surface area contributed by atoms with E-state index in [1.807, 2.05) is 27.7 Å². The third-order valence-electron chi connectivity index (χ3n) is 5.29. The van der Waals surface area contributed by atoms with Crippen molar-refractivity contribution in [1.82, 2.24) is 20.4 Å². The molecular weight excluding hydrogens is 507 g/mol. The van der Waals surface area contributed by atoms with Crippen LogP contribution in [0.15, 0.2) is 34.7 Å². The topological polar surface area (TPSA) is 110 Å². The number of thioether (sulfide) groups is 1. The van der Waals surface area contributed by atoms with Crippen molar-refractivity contribution < 1.29 is 14.0 Å². The van der Waals surface area contributed by atoms with Gasteiger partial charge in [0.25, 0.3) is 5.91 Å². The molecule has 2 heterocycles. The van der Waals surface area contributed by atoms with E-state index >= 15 is 0 Å². The molecule has 4 aromatic rings. The first-order valence-corrected chi connectivity index (χ1v) is 13.1. The number of carbonyl (C=O) groups excluding carboxylic acids is 2. The summed E-state index contributed by atoms with van der Waals surface area (Å²) in [5.41, 5.74) is 5.19. The maximum Gasteiger partial charge on any atom is 0.258 e. The van der Waals surface area contributed by atoms with Gasteiger partial charge in [-0.15, -0.1) is 20.4 Å². The maximum absolute atomic E-state index is 13.4. The predicted octanol–water partition coefficient (Wildman–Crippen LogP) is 5.41. The van der Waals surface area contributed by atoms with Crippen LogP contribution in [0.2, 0.25) is 0 Å². The number of benzene rings is 2. The van der Waals surface area contributed by atoms with Gasteiger partial charge in [0.05, 0.1) is 5.75 Å². The molecule has 8 nitrogen and oxygen atoms in total. The first-order valence-electron chi connectivity index (χ1n) is 10.5. The van der Waals surface area contributed by atoms with Gasteiger partial charge < -0.3 is 0 Å². The molecule has 2 aromatic heterocycles. The number of anilines is 2. The highest BCUT2D eigenvalue weighted by atomic mass is 32.2. The number of halogens is 1. The molecule has 2 aromatic carbocycles. The van der Waals surface area contributed by atoms with Gasteiger partial charge in [0.1, 0.15) is 10.8 Å². The van der Waals surface area contributed by atoms with E-state index in [-0.39, 0.29) is 23.4 Å². The fourth-order valence-corrected chi connectivity index (χ4v) is 5.63. The second-order valence-corrected chi connectivity index (χ2v) is 10.9. The number of hydrogen-bond donors (Lipinski definition) is 2. The van der Waals surface area contributed by atoms with Gasteiger partial charge in [0.2, 0.25) is 16.2 Å². The summed E-state index contributed by atoms with van der Waals surface area (Å²) < 4.78 is 14.0. The van der Waals surface area contributed by atoms with Crippen molar-refractivity contribution in [3.63, 3.8) is 0 Å². The van der Waals surface area contributed by atoms with Crippen molar-refractivity contribution in [3.05, 3.63) is 64.0 Å². The lowest BCUT2D eigenvalue weighted by molar-refractivity contribution is -0.113. The van der Waals surface area contributed by atoms with Crippen LogP contribution in [0.1, 0.15) is 32.6 Å². The van der Waals surface area contributed by atoms with Gasteiger partial charge in [-0.05, 0) is 62.1 Å². The lowest BCUT2D eigenvalue weighted by Crippen LogP contribution is -2.16. The number of nitrogens with one attached hydrogen (secondary N) is 2. The van der Waals surface area contributed by atoms with Crippen LogP contribution >= 0.6 is 34.4 Å². The third kappa shape index (κ3) is 5.89. The Labute approximate surface area is 213 Å².